The van der Waals surface area contributed by atoms with Crippen LogP contribution in [0.25, 0.3) is 10.9 Å². The van der Waals surface area contributed by atoms with Crippen molar-refractivity contribution in [2.45, 2.75) is 12.8 Å². The number of hydrogen-bond donors (Lipinski definition) is 2. The monoisotopic (exact) mass is 311 g/mol. The molecule has 0 amide bonds. The van der Waals surface area contributed by atoms with E-state index in [1.165, 1.54) is 16.5 Å². The number of fused-ring (bicyclic) bond motifs is 1. The van der Waals surface area contributed by atoms with Gasteiger partial charge in [0.1, 0.15) is 0 Å². The predicted octanol–water partition coefficient (Wildman–Crippen LogP) is 2.95. The number of H-pyrrole nitrogens is 1. The number of methoxy groups -OCH3 is 1. The predicted molar refractivity (Wildman–Crippen MR) is 92.1 cm³/mol. The highest BCUT2D eigenvalue weighted by molar-refractivity contribution is 5.84. The van der Waals surface area contributed by atoms with Gasteiger partial charge in [-0.2, -0.15) is 0 Å². The van der Waals surface area contributed by atoms with E-state index >= 15 is 0 Å². The first-order valence-electron chi connectivity index (χ1n) is 7.94. The summed E-state index contributed by atoms with van der Waals surface area (Å²) < 4.78 is 11.1. The number of aromatic nitrogens is 1. The number of benzene rings is 2. The molecule has 23 heavy (non-hydrogen) atoms. The van der Waals surface area contributed by atoms with E-state index in [9.17, 15) is 0 Å². The van der Waals surface area contributed by atoms with Crippen molar-refractivity contribution in [3.63, 3.8) is 0 Å². The second kappa shape index (κ2) is 6.75. The Labute approximate surface area is 136 Å². The molecule has 0 radical (unpaired) electrons. The fourth-order valence-corrected chi connectivity index (χ4v) is 3.06. The first kappa shape index (κ1) is 15.4. The maximum absolute atomic E-state index is 5.61. The normalized spacial score (nSPS) is 12.3. The Bertz CT molecular complexity index is 795. The number of rotatable bonds is 6. The third-order valence-corrected chi connectivity index (χ3v) is 4.18. The fourth-order valence-electron chi connectivity index (χ4n) is 3.06. The highest BCUT2D eigenvalue weighted by atomic mass is 16.5. The van der Waals surface area contributed by atoms with Gasteiger partial charge in [0.15, 0.2) is 11.5 Å². The van der Waals surface area contributed by atoms with E-state index in [0.29, 0.717) is 6.61 Å². The van der Waals surface area contributed by atoms with Gasteiger partial charge in [-0.05, 0) is 36.2 Å². The van der Waals surface area contributed by atoms with Crippen LogP contribution >= 0.6 is 0 Å². The molecule has 1 heterocycles. The molecule has 0 aliphatic rings. The van der Waals surface area contributed by atoms with Crippen molar-refractivity contribution in [3.05, 3.63) is 59.8 Å². The molecule has 3 aromatic rings. The van der Waals surface area contributed by atoms with Crippen LogP contribution in [-0.2, 0) is 0 Å². The standard InChI is InChI=1S/C19H22N2O2/c1-3-23-18-9-8-13(10-19(18)22-2)15(11-20)16-12-21-17-7-5-4-6-14(16)17/h4-10,12,15,21H,3,11,20H2,1-2H3/p+1/t15-/m1/s1. The molecule has 0 bridgehead atoms. The summed E-state index contributed by atoms with van der Waals surface area (Å²) in [6, 6.07) is 14.5. The van der Waals surface area contributed by atoms with Gasteiger partial charge in [-0.25, -0.2) is 0 Å². The molecular formula is C19H23N2O2+. The zero-order chi connectivity index (χ0) is 16.2. The van der Waals surface area contributed by atoms with Crippen LogP contribution in [0, 0.1) is 0 Å². The van der Waals surface area contributed by atoms with Gasteiger partial charge in [0.25, 0.3) is 0 Å². The summed E-state index contributed by atoms with van der Waals surface area (Å²) in [5, 5.41) is 1.24. The number of ether oxygens (including phenoxy) is 2. The SMILES string of the molecule is CCOc1ccc([C@@H](C[NH3+])c2c[nH]c3ccccc23)cc1OC. The van der Waals surface area contributed by atoms with E-state index in [4.69, 9.17) is 9.47 Å². The summed E-state index contributed by atoms with van der Waals surface area (Å²) in [4.78, 5) is 3.35. The molecule has 3 rings (SSSR count). The first-order valence-corrected chi connectivity index (χ1v) is 7.94. The molecule has 0 spiro atoms. The molecule has 0 aliphatic carbocycles. The molecule has 4 nitrogen and oxygen atoms in total. The minimum Gasteiger partial charge on any atom is -0.493 e. The van der Waals surface area contributed by atoms with Gasteiger partial charge in [0.05, 0.1) is 26.2 Å². The van der Waals surface area contributed by atoms with E-state index in [2.05, 4.69) is 47.2 Å². The van der Waals surface area contributed by atoms with Gasteiger partial charge in [0.2, 0.25) is 0 Å². The number of hydrogen-bond acceptors (Lipinski definition) is 2. The van der Waals surface area contributed by atoms with Crippen LogP contribution in [0.4, 0.5) is 0 Å². The van der Waals surface area contributed by atoms with Crippen LogP contribution < -0.4 is 15.2 Å². The Hall–Kier alpha value is -2.46. The quantitative estimate of drug-likeness (QED) is 0.735. The molecule has 0 saturated carbocycles. The van der Waals surface area contributed by atoms with E-state index in [1.807, 2.05) is 19.1 Å². The lowest BCUT2D eigenvalue weighted by Gasteiger charge is -2.16. The van der Waals surface area contributed by atoms with Gasteiger partial charge in [-0.15, -0.1) is 0 Å². The topological polar surface area (TPSA) is 61.9 Å². The Morgan fingerprint density at radius 2 is 1.96 bits per heavy atom. The largest absolute Gasteiger partial charge is 0.493 e. The molecule has 4 heteroatoms. The minimum atomic E-state index is 0.218. The molecular weight excluding hydrogens is 288 g/mol. The van der Waals surface area contributed by atoms with E-state index in [0.717, 1.165) is 23.6 Å². The number of para-hydroxylation sites is 1. The highest BCUT2D eigenvalue weighted by Crippen LogP contribution is 2.35. The van der Waals surface area contributed by atoms with Crippen molar-refractivity contribution in [2.75, 3.05) is 20.3 Å². The van der Waals surface area contributed by atoms with Crippen LogP contribution in [0.5, 0.6) is 11.5 Å². The van der Waals surface area contributed by atoms with Crippen molar-refractivity contribution in [3.8, 4) is 11.5 Å². The van der Waals surface area contributed by atoms with Gasteiger partial charge in [-0.3, -0.25) is 0 Å². The average molecular weight is 311 g/mol. The Balaban J connectivity index is 2.04. The minimum absolute atomic E-state index is 0.218. The second-order valence-corrected chi connectivity index (χ2v) is 5.47. The molecule has 2 aromatic carbocycles. The van der Waals surface area contributed by atoms with Gasteiger partial charge in [-0.1, -0.05) is 24.3 Å². The summed E-state index contributed by atoms with van der Waals surface area (Å²) >= 11 is 0. The Morgan fingerprint density at radius 3 is 2.70 bits per heavy atom. The van der Waals surface area contributed by atoms with Crippen LogP contribution in [-0.4, -0.2) is 25.2 Å². The average Bonchev–Trinajstić information content (AvgIpc) is 3.01. The summed E-state index contributed by atoms with van der Waals surface area (Å²) in [5.74, 6) is 1.76. The third-order valence-electron chi connectivity index (χ3n) is 4.18. The molecule has 0 saturated heterocycles. The summed E-state index contributed by atoms with van der Waals surface area (Å²) in [6.45, 7) is 3.37. The van der Waals surface area contributed by atoms with Crippen LogP contribution in [0.15, 0.2) is 48.7 Å². The first-order chi connectivity index (χ1) is 11.3. The van der Waals surface area contributed by atoms with Crippen LogP contribution in [0.2, 0.25) is 0 Å². The smallest absolute Gasteiger partial charge is 0.161 e. The van der Waals surface area contributed by atoms with Crippen molar-refractivity contribution in [1.29, 1.82) is 0 Å². The van der Waals surface area contributed by atoms with Crippen LogP contribution in [0.3, 0.4) is 0 Å². The fraction of sp³-hybridized carbons (Fsp3) is 0.263. The lowest BCUT2D eigenvalue weighted by Crippen LogP contribution is -2.53. The maximum Gasteiger partial charge on any atom is 0.161 e. The van der Waals surface area contributed by atoms with Crippen molar-refractivity contribution in [2.24, 2.45) is 0 Å². The maximum atomic E-state index is 5.61. The molecule has 1 aromatic heterocycles. The zero-order valence-electron chi connectivity index (χ0n) is 13.6. The molecule has 120 valence electrons. The summed E-state index contributed by atoms with van der Waals surface area (Å²) in [5.41, 5.74) is 7.76. The van der Waals surface area contributed by atoms with E-state index < -0.39 is 0 Å². The molecule has 4 N–H and O–H groups in total. The van der Waals surface area contributed by atoms with Gasteiger partial charge < -0.3 is 20.2 Å². The molecule has 0 aliphatic heterocycles. The van der Waals surface area contributed by atoms with Crippen molar-refractivity contribution < 1.29 is 15.2 Å². The van der Waals surface area contributed by atoms with E-state index in [1.54, 1.807) is 7.11 Å². The lowest BCUT2D eigenvalue weighted by atomic mass is 9.91. The Morgan fingerprint density at radius 1 is 1.13 bits per heavy atom. The van der Waals surface area contributed by atoms with E-state index in [-0.39, 0.29) is 5.92 Å². The van der Waals surface area contributed by atoms with Crippen LogP contribution in [0.1, 0.15) is 24.0 Å². The third kappa shape index (κ3) is 2.90. The molecule has 0 unspecified atom stereocenters. The molecule has 0 fully saturated rings. The van der Waals surface area contributed by atoms with Gasteiger partial charge >= 0.3 is 0 Å². The second-order valence-electron chi connectivity index (χ2n) is 5.47. The summed E-state index contributed by atoms with van der Waals surface area (Å²) in [7, 11) is 1.67. The number of quaternary nitrogens is 1. The lowest BCUT2D eigenvalue weighted by molar-refractivity contribution is -0.370. The highest BCUT2D eigenvalue weighted by Gasteiger charge is 2.20. The van der Waals surface area contributed by atoms with Gasteiger partial charge in [0, 0.05) is 17.1 Å². The zero-order valence-corrected chi connectivity index (χ0v) is 13.6. The van der Waals surface area contributed by atoms with Crippen molar-refractivity contribution >= 4 is 10.9 Å². The van der Waals surface area contributed by atoms with Crippen molar-refractivity contribution in [1.82, 2.24) is 4.98 Å². The summed E-state index contributed by atoms with van der Waals surface area (Å²) in [6.07, 6.45) is 2.09. The number of nitrogens with one attached hydrogen (secondary N) is 1. The Kier molecular flexibility index (Phi) is 4.53. The molecule has 1 atom stereocenters. The number of aromatic amines is 1.